The van der Waals surface area contributed by atoms with E-state index in [0.717, 1.165) is 19.2 Å². The summed E-state index contributed by atoms with van der Waals surface area (Å²) < 4.78 is 41.2. The van der Waals surface area contributed by atoms with Gasteiger partial charge in [-0.1, -0.05) is 15.9 Å². The fraction of sp³-hybridized carbons (Fsp3) is 0.250. The number of ether oxygens (including phenoxy) is 1. The number of carbonyl (C=O) groups is 1. The summed E-state index contributed by atoms with van der Waals surface area (Å²) in [5.74, 6) is -0.915. The van der Waals surface area contributed by atoms with Crippen LogP contribution in [0.1, 0.15) is 16.2 Å². The Labute approximate surface area is 91.4 Å². The Morgan fingerprint density at radius 3 is 2.53 bits per heavy atom. The van der Waals surface area contributed by atoms with Gasteiger partial charge in [0, 0.05) is 4.47 Å². The molecule has 0 saturated heterocycles. The largest absolute Gasteiger partial charge is 0.464 e. The SMILES string of the molecule is COC(=O)c1cc(Br)cc(C(F)(F)F)n1. The van der Waals surface area contributed by atoms with E-state index in [1.807, 2.05) is 0 Å². The molecule has 1 aromatic rings. The van der Waals surface area contributed by atoms with Crippen LogP contribution in [0.3, 0.4) is 0 Å². The molecule has 0 aliphatic heterocycles. The maximum Gasteiger partial charge on any atom is 0.433 e. The first-order chi connectivity index (χ1) is 6.84. The summed E-state index contributed by atoms with van der Waals surface area (Å²) in [6.07, 6.45) is -4.59. The van der Waals surface area contributed by atoms with Crippen molar-refractivity contribution >= 4 is 21.9 Å². The van der Waals surface area contributed by atoms with Gasteiger partial charge in [0.15, 0.2) is 0 Å². The molecule has 0 aliphatic rings. The summed E-state index contributed by atoms with van der Waals surface area (Å²) >= 11 is 2.86. The Morgan fingerprint density at radius 2 is 2.07 bits per heavy atom. The third-order valence-corrected chi connectivity index (χ3v) is 1.93. The smallest absolute Gasteiger partial charge is 0.433 e. The van der Waals surface area contributed by atoms with Crippen molar-refractivity contribution in [3.05, 3.63) is 28.0 Å². The molecule has 7 heteroatoms. The lowest BCUT2D eigenvalue weighted by Gasteiger charge is -2.07. The van der Waals surface area contributed by atoms with Gasteiger partial charge in [0.05, 0.1) is 7.11 Å². The highest BCUT2D eigenvalue weighted by molar-refractivity contribution is 9.10. The molecule has 1 aromatic heterocycles. The first-order valence-corrected chi connectivity index (χ1v) is 4.47. The molecule has 0 amide bonds. The lowest BCUT2D eigenvalue weighted by Crippen LogP contribution is -2.12. The number of esters is 1. The van der Waals surface area contributed by atoms with Crippen molar-refractivity contribution in [2.24, 2.45) is 0 Å². The van der Waals surface area contributed by atoms with E-state index in [-0.39, 0.29) is 10.2 Å². The van der Waals surface area contributed by atoms with E-state index in [4.69, 9.17) is 0 Å². The summed E-state index contributed by atoms with van der Waals surface area (Å²) in [7, 11) is 1.07. The first-order valence-electron chi connectivity index (χ1n) is 3.67. The van der Waals surface area contributed by atoms with E-state index < -0.39 is 17.8 Å². The molecule has 0 bridgehead atoms. The minimum atomic E-state index is -4.59. The molecule has 15 heavy (non-hydrogen) atoms. The van der Waals surface area contributed by atoms with Gasteiger partial charge in [-0.25, -0.2) is 9.78 Å². The predicted molar refractivity (Wildman–Crippen MR) is 48.3 cm³/mol. The molecule has 0 N–H and O–H groups in total. The minimum absolute atomic E-state index is 0.116. The summed E-state index contributed by atoms with van der Waals surface area (Å²) in [6, 6.07) is 1.94. The Morgan fingerprint density at radius 1 is 1.47 bits per heavy atom. The van der Waals surface area contributed by atoms with Gasteiger partial charge in [-0.3, -0.25) is 0 Å². The van der Waals surface area contributed by atoms with Crippen LogP contribution in [-0.2, 0) is 10.9 Å². The van der Waals surface area contributed by atoms with E-state index in [1.165, 1.54) is 0 Å². The van der Waals surface area contributed by atoms with Crippen LogP contribution in [-0.4, -0.2) is 18.1 Å². The van der Waals surface area contributed by atoms with Gasteiger partial charge in [0.25, 0.3) is 0 Å². The zero-order valence-corrected chi connectivity index (χ0v) is 9.02. The second-order valence-corrected chi connectivity index (χ2v) is 3.46. The van der Waals surface area contributed by atoms with Crippen molar-refractivity contribution in [2.75, 3.05) is 7.11 Å². The average molecular weight is 284 g/mol. The molecule has 0 fully saturated rings. The Hall–Kier alpha value is -1.11. The first kappa shape index (κ1) is 12.0. The van der Waals surface area contributed by atoms with E-state index in [9.17, 15) is 18.0 Å². The van der Waals surface area contributed by atoms with Crippen LogP contribution in [0.25, 0.3) is 0 Å². The molecule has 0 aliphatic carbocycles. The summed E-state index contributed by atoms with van der Waals surface area (Å²) in [4.78, 5) is 14.1. The fourth-order valence-corrected chi connectivity index (χ4v) is 1.29. The van der Waals surface area contributed by atoms with E-state index in [0.29, 0.717) is 0 Å². The number of rotatable bonds is 1. The number of pyridine rings is 1. The second kappa shape index (κ2) is 4.18. The van der Waals surface area contributed by atoms with Gasteiger partial charge in [-0.2, -0.15) is 13.2 Å². The van der Waals surface area contributed by atoms with E-state index in [2.05, 4.69) is 25.7 Å². The topological polar surface area (TPSA) is 39.2 Å². The number of methoxy groups -OCH3 is 1. The Bertz CT molecular complexity index is 392. The van der Waals surface area contributed by atoms with Crippen LogP contribution >= 0.6 is 15.9 Å². The van der Waals surface area contributed by atoms with Crippen LogP contribution in [0.5, 0.6) is 0 Å². The molecule has 0 saturated carbocycles. The van der Waals surface area contributed by atoms with E-state index in [1.54, 1.807) is 0 Å². The highest BCUT2D eigenvalue weighted by atomic mass is 79.9. The number of aromatic nitrogens is 1. The van der Waals surface area contributed by atoms with Gasteiger partial charge >= 0.3 is 12.1 Å². The zero-order chi connectivity index (χ0) is 11.6. The molecule has 0 atom stereocenters. The maximum atomic E-state index is 12.3. The minimum Gasteiger partial charge on any atom is -0.464 e. The van der Waals surface area contributed by atoms with Crippen LogP contribution in [0.4, 0.5) is 13.2 Å². The summed E-state index contributed by atoms with van der Waals surface area (Å²) in [5, 5.41) is 0. The highest BCUT2D eigenvalue weighted by Gasteiger charge is 2.33. The third kappa shape index (κ3) is 2.92. The molecular weight excluding hydrogens is 279 g/mol. The molecular formula is C8H5BrF3NO2. The van der Waals surface area contributed by atoms with Gasteiger partial charge in [-0.05, 0) is 12.1 Å². The molecule has 0 unspecified atom stereocenters. The van der Waals surface area contributed by atoms with Crippen molar-refractivity contribution in [1.29, 1.82) is 0 Å². The number of alkyl halides is 3. The molecule has 3 nitrogen and oxygen atoms in total. The standard InChI is InChI=1S/C8H5BrF3NO2/c1-15-7(14)5-2-4(9)3-6(13-5)8(10,11)12/h2-3H,1H3. The normalized spacial score (nSPS) is 11.3. The van der Waals surface area contributed by atoms with Crippen molar-refractivity contribution in [3.8, 4) is 0 Å². The molecule has 0 spiro atoms. The monoisotopic (exact) mass is 283 g/mol. The highest BCUT2D eigenvalue weighted by Crippen LogP contribution is 2.29. The number of halogens is 4. The van der Waals surface area contributed by atoms with Crippen LogP contribution in [0.2, 0.25) is 0 Å². The van der Waals surface area contributed by atoms with E-state index >= 15 is 0 Å². The molecule has 0 radical (unpaired) electrons. The molecule has 82 valence electrons. The van der Waals surface area contributed by atoms with Crippen molar-refractivity contribution < 1.29 is 22.7 Å². The fourth-order valence-electron chi connectivity index (χ4n) is 0.852. The second-order valence-electron chi connectivity index (χ2n) is 2.55. The van der Waals surface area contributed by atoms with Crippen molar-refractivity contribution in [2.45, 2.75) is 6.18 Å². The molecule has 0 aromatic carbocycles. The number of carbonyl (C=O) groups excluding carboxylic acids is 1. The Balaban J connectivity index is 3.23. The van der Waals surface area contributed by atoms with Gasteiger partial charge in [0.2, 0.25) is 0 Å². The average Bonchev–Trinajstić information content (AvgIpc) is 2.14. The predicted octanol–water partition coefficient (Wildman–Crippen LogP) is 2.65. The van der Waals surface area contributed by atoms with Gasteiger partial charge in [0.1, 0.15) is 11.4 Å². The number of nitrogens with zero attached hydrogens (tertiary/aromatic N) is 1. The van der Waals surface area contributed by atoms with Gasteiger partial charge < -0.3 is 4.74 Å². The maximum absolute atomic E-state index is 12.3. The van der Waals surface area contributed by atoms with Crippen molar-refractivity contribution in [3.63, 3.8) is 0 Å². The lowest BCUT2D eigenvalue weighted by molar-refractivity contribution is -0.141. The number of hydrogen-bond acceptors (Lipinski definition) is 3. The van der Waals surface area contributed by atoms with Crippen molar-refractivity contribution in [1.82, 2.24) is 4.98 Å². The number of hydrogen-bond donors (Lipinski definition) is 0. The third-order valence-electron chi connectivity index (χ3n) is 1.48. The van der Waals surface area contributed by atoms with Crippen LogP contribution in [0, 0.1) is 0 Å². The summed E-state index contributed by atoms with van der Waals surface area (Å²) in [5.41, 5.74) is -1.53. The molecule has 1 heterocycles. The zero-order valence-electron chi connectivity index (χ0n) is 7.43. The summed E-state index contributed by atoms with van der Waals surface area (Å²) in [6.45, 7) is 0. The Kier molecular flexibility index (Phi) is 3.33. The van der Waals surface area contributed by atoms with Crippen LogP contribution in [0.15, 0.2) is 16.6 Å². The quantitative estimate of drug-likeness (QED) is 0.744. The van der Waals surface area contributed by atoms with Crippen LogP contribution < -0.4 is 0 Å². The molecule has 1 rings (SSSR count). The van der Waals surface area contributed by atoms with Gasteiger partial charge in [-0.15, -0.1) is 0 Å². The lowest BCUT2D eigenvalue weighted by atomic mass is 10.3.